The average molecular weight is 286 g/mol. The van der Waals surface area contributed by atoms with Crippen LogP contribution < -0.4 is 9.47 Å². The van der Waals surface area contributed by atoms with E-state index in [9.17, 15) is 5.11 Å². The molecule has 0 spiro atoms. The second kappa shape index (κ2) is 7.14. The quantitative estimate of drug-likeness (QED) is 0.878. The number of methoxy groups -OCH3 is 1. The highest BCUT2D eigenvalue weighted by Gasteiger charge is 2.18. The summed E-state index contributed by atoms with van der Waals surface area (Å²) in [6.45, 7) is 3.98. The first-order valence-corrected chi connectivity index (χ1v) is 7.21. The Morgan fingerprint density at radius 2 is 1.52 bits per heavy atom. The molecule has 2 atom stereocenters. The van der Waals surface area contributed by atoms with Gasteiger partial charge in [0.25, 0.3) is 0 Å². The van der Waals surface area contributed by atoms with E-state index in [1.807, 2.05) is 55.5 Å². The van der Waals surface area contributed by atoms with Crippen LogP contribution in [0.5, 0.6) is 11.5 Å². The van der Waals surface area contributed by atoms with E-state index in [4.69, 9.17) is 9.47 Å². The molecule has 0 radical (unpaired) electrons. The van der Waals surface area contributed by atoms with Crippen LogP contribution in [0.15, 0.2) is 48.5 Å². The number of hydrogen-bond donors (Lipinski definition) is 1. The lowest BCUT2D eigenvalue weighted by atomic mass is 10.1. The molecule has 2 aromatic rings. The molecular formula is C18H22O3. The van der Waals surface area contributed by atoms with Crippen molar-refractivity contribution in [2.75, 3.05) is 7.11 Å². The van der Waals surface area contributed by atoms with Crippen molar-refractivity contribution in [3.05, 3.63) is 59.7 Å². The largest absolute Gasteiger partial charge is 0.497 e. The number of ether oxygens (including phenoxy) is 2. The third-order valence-corrected chi connectivity index (χ3v) is 3.56. The molecule has 21 heavy (non-hydrogen) atoms. The molecule has 3 nitrogen and oxygen atoms in total. The summed E-state index contributed by atoms with van der Waals surface area (Å²) in [6, 6.07) is 15.3. The van der Waals surface area contributed by atoms with Crippen LogP contribution in [0.4, 0.5) is 0 Å². The van der Waals surface area contributed by atoms with E-state index in [-0.39, 0.29) is 6.10 Å². The van der Waals surface area contributed by atoms with Crippen molar-refractivity contribution in [3.8, 4) is 11.5 Å². The highest BCUT2D eigenvalue weighted by atomic mass is 16.5. The third-order valence-electron chi connectivity index (χ3n) is 3.56. The van der Waals surface area contributed by atoms with Gasteiger partial charge in [0.15, 0.2) is 0 Å². The zero-order chi connectivity index (χ0) is 15.2. The Balaban J connectivity index is 2.01. The third kappa shape index (κ3) is 3.99. The molecule has 0 heterocycles. The maximum Gasteiger partial charge on any atom is 0.126 e. The Kier molecular flexibility index (Phi) is 5.23. The fourth-order valence-electron chi connectivity index (χ4n) is 2.15. The first kappa shape index (κ1) is 15.4. The minimum Gasteiger partial charge on any atom is -0.497 e. The smallest absolute Gasteiger partial charge is 0.126 e. The van der Waals surface area contributed by atoms with Crippen LogP contribution in [0.3, 0.4) is 0 Å². The molecule has 0 aliphatic rings. The van der Waals surface area contributed by atoms with Gasteiger partial charge < -0.3 is 14.6 Å². The predicted octanol–water partition coefficient (Wildman–Crippen LogP) is 3.76. The molecule has 0 aliphatic heterocycles. The summed E-state index contributed by atoms with van der Waals surface area (Å²) in [5.74, 6) is 1.54. The van der Waals surface area contributed by atoms with Crippen molar-refractivity contribution in [2.45, 2.75) is 32.5 Å². The normalized spacial score (nSPS) is 13.5. The fourth-order valence-corrected chi connectivity index (χ4v) is 2.15. The SMILES string of the molecule is CCc1ccc(OC(C)C(O)c2ccc(OC)cc2)cc1. The van der Waals surface area contributed by atoms with E-state index in [1.54, 1.807) is 7.11 Å². The lowest BCUT2D eigenvalue weighted by Crippen LogP contribution is -2.21. The zero-order valence-electron chi connectivity index (χ0n) is 12.7. The van der Waals surface area contributed by atoms with Gasteiger partial charge in [-0.2, -0.15) is 0 Å². The van der Waals surface area contributed by atoms with Crippen molar-refractivity contribution < 1.29 is 14.6 Å². The Morgan fingerprint density at radius 1 is 0.952 bits per heavy atom. The van der Waals surface area contributed by atoms with Crippen molar-refractivity contribution in [1.82, 2.24) is 0 Å². The van der Waals surface area contributed by atoms with E-state index in [0.717, 1.165) is 23.5 Å². The van der Waals surface area contributed by atoms with Crippen LogP contribution in [-0.4, -0.2) is 18.3 Å². The van der Waals surface area contributed by atoms with Crippen molar-refractivity contribution in [2.24, 2.45) is 0 Å². The van der Waals surface area contributed by atoms with E-state index in [1.165, 1.54) is 5.56 Å². The second-order valence-electron chi connectivity index (χ2n) is 5.04. The molecule has 0 amide bonds. The monoisotopic (exact) mass is 286 g/mol. The highest BCUT2D eigenvalue weighted by molar-refractivity contribution is 5.30. The molecule has 0 saturated carbocycles. The molecule has 0 saturated heterocycles. The molecule has 2 unspecified atom stereocenters. The molecule has 0 aromatic heterocycles. The van der Waals surface area contributed by atoms with Crippen LogP contribution in [0, 0.1) is 0 Å². The second-order valence-corrected chi connectivity index (χ2v) is 5.04. The molecule has 0 bridgehead atoms. The molecule has 2 rings (SSSR count). The Labute approximate surface area is 126 Å². The van der Waals surface area contributed by atoms with Gasteiger partial charge in [-0.15, -0.1) is 0 Å². The van der Waals surface area contributed by atoms with Gasteiger partial charge in [0.1, 0.15) is 23.7 Å². The molecular weight excluding hydrogens is 264 g/mol. The zero-order valence-corrected chi connectivity index (χ0v) is 12.7. The topological polar surface area (TPSA) is 38.7 Å². The van der Waals surface area contributed by atoms with Gasteiger partial charge in [0.2, 0.25) is 0 Å². The Hall–Kier alpha value is -2.00. The van der Waals surface area contributed by atoms with Crippen molar-refractivity contribution in [1.29, 1.82) is 0 Å². The van der Waals surface area contributed by atoms with Crippen LogP contribution in [0.2, 0.25) is 0 Å². The van der Waals surface area contributed by atoms with Crippen LogP contribution in [-0.2, 0) is 6.42 Å². The standard InChI is InChI=1S/C18H22O3/c1-4-14-5-9-17(10-6-14)21-13(2)18(19)15-7-11-16(20-3)12-8-15/h5-13,18-19H,4H2,1-3H3. The fraction of sp³-hybridized carbons (Fsp3) is 0.333. The van der Waals surface area contributed by atoms with Gasteiger partial charge in [0.05, 0.1) is 7.11 Å². The lowest BCUT2D eigenvalue weighted by Gasteiger charge is -2.21. The number of hydrogen-bond acceptors (Lipinski definition) is 3. The summed E-state index contributed by atoms with van der Waals surface area (Å²) in [7, 11) is 1.62. The molecule has 0 aliphatic carbocycles. The van der Waals surface area contributed by atoms with Crippen LogP contribution in [0.25, 0.3) is 0 Å². The van der Waals surface area contributed by atoms with E-state index in [2.05, 4.69) is 6.92 Å². The van der Waals surface area contributed by atoms with Crippen LogP contribution >= 0.6 is 0 Å². The Morgan fingerprint density at radius 3 is 2.05 bits per heavy atom. The summed E-state index contributed by atoms with van der Waals surface area (Å²) in [5, 5.41) is 10.3. The van der Waals surface area contributed by atoms with Gasteiger partial charge in [-0.3, -0.25) is 0 Å². The molecule has 2 aromatic carbocycles. The lowest BCUT2D eigenvalue weighted by molar-refractivity contribution is 0.0467. The van der Waals surface area contributed by atoms with Crippen LogP contribution in [0.1, 0.15) is 31.1 Å². The minimum absolute atomic E-state index is 0.328. The van der Waals surface area contributed by atoms with Gasteiger partial charge in [0, 0.05) is 0 Å². The van der Waals surface area contributed by atoms with Crippen molar-refractivity contribution >= 4 is 0 Å². The minimum atomic E-state index is -0.679. The van der Waals surface area contributed by atoms with Gasteiger partial charge >= 0.3 is 0 Å². The van der Waals surface area contributed by atoms with Gasteiger partial charge in [-0.1, -0.05) is 31.2 Å². The van der Waals surface area contributed by atoms with E-state index in [0.29, 0.717) is 0 Å². The molecule has 1 N–H and O–H groups in total. The number of aryl methyl sites for hydroxylation is 1. The first-order valence-electron chi connectivity index (χ1n) is 7.21. The number of aliphatic hydroxyl groups is 1. The average Bonchev–Trinajstić information content (AvgIpc) is 2.55. The summed E-state index contributed by atoms with van der Waals surface area (Å²) in [4.78, 5) is 0. The number of aliphatic hydroxyl groups excluding tert-OH is 1. The van der Waals surface area contributed by atoms with Gasteiger partial charge in [-0.25, -0.2) is 0 Å². The summed E-state index contributed by atoms with van der Waals surface area (Å²) in [6.07, 6.45) is -0.00255. The summed E-state index contributed by atoms with van der Waals surface area (Å²) >= 11 is 0. The van der Waals surface area contributed by atoms with Crippen molar-refractivity contribution in [3.63, 3.8) is 0 Å². The number of rotatable bonds is 6. The first-order chi connectivity index (χ1) is 10.1. The summed E-state index contributed by atoms with van der Waals surface area (Å²) in [5.41, 5.74) is 2.08. The summed E-state index contributed by atoms with van der Waals surface area (Å²) < 4.78 is 10.9. The maximum atomic E-state index is 10.3. The molecule has 112 valence electrons. The number of benzene rings is 2. The Bertz CT molecular complexity index is 546. The predicted molar refractivity (Wildman–Crippen MR) is 83.9 cm³/mol. The maximum absolute atomic E-state index is 10.3. The molecule has 3 heteroatoms. The van der Waals surface area contributed by atoms with Gasteiger partial charge in [-0.05, 0) is 48.7 Å². The van der Waals surface area contributed by atoms with E-state index >= 15 is 0 Å². The van der Waals surface area contributed by atoms with E-state index < -0.39 is 6.10 Å². The molecule has 0 fully saturated rings. The highest BCUT2D eigenvalue weighted by Crippen LogP contribution is 2.24.